The van der Waals surface area contributed by atoms with Gasteiger partial charge in [-0.15, -0.1) is 0 Å². The number of halogens is 3. The van der Waals surface area contributed by atoms with Gasteiger partial charge in [-0.05, 0) is 42.8 Å². The minimum Gasteiger partial charge on any atom is -0.368 e. The molecule has 2 aromatic carbocycles. The summed E-state index contributed by atoms with van der Waals surface area (Å²) in [5.41, 5.74) is 1.19. The van der Waals surface area contributed by atoms with E-state index in [1.54, 1.807) is 13.0 Å². The minimum absolute atomic E-state index is 0.597. The third-order valence-electron chi connectivity index (χ3n) is 4.05. The lowest BCUT2D eigenvalue weighted by molar-refractivity contribution is -0.137. The zero-order valence-electron chi connectivity index (χ0n) is 16.0. The summed E-state index contributed by atoms with van der Waals surface area (Å²) in [6, 6.07) is 12.0. The second kappa shape index (κ2) is 9.84. The molecule has 1 fully saturated rings. The molecule has 0 aliphatic carbocycles. The number of hydrogen-bond donors (Lipinski definition) is 2. The first-order valence-electron chi connectivity index (χ1n) is 8.78. The number of nitrogens with zero attached hydrogens (tertiary/aromatic N) is 1. The highest BCUT2D eigenvalue weighted by Gasteiger charge is 2.30. The summed E-state index contributed by atoms with van der Waals surface area (Å²) >= 11 is 1.52. The molecule has 1 heterocycles. The third kappa shape index (κ3) is 7.88. The van der Waals surface area contributed by atoms with Crippen LogP contribution >= 0.6 is 11.8 Å². The van der Waals surface area contributed by atoms with E-state index in [2.05, 4.69) is 16.3 Å². The molecule has 0 saturated carbocycles. The summed E-state index contributed by atoms with van der Waals surface area (Å²) < 4.78 is 64.3. The van der Waals surface area contributed by atoms with Crippen LogP contribution in [0, 0.1) is 6.92 Å². The van der Waals surface area contributed by atoms with Crippen molar-refractivity contribution in [3.63, 3.8) is 0 Å². The fraction of sp³-hybridized carbons (Fsp3) is 0.368. The Morgan fingerprint density at radius 2 is 1.66 bits per heavy atom. The van der Waals surface area contributed by atoms with Crippen molar-refractivity contribution in [2.75, 3.05) is 37.3 Å². The molecule has 5 nitrogen and oxygen atoms in total. The zero-order chi connectivity index (χ0) is 21.7. The van der Waals surface area contributed by atoms with Gasteiger partial charge in [-0.25, -0.2) is 0 Å². The number of anilines is 1. The van der Waals surface area contributed by atoms with Crippen molar-refractivity contribution in [1.29, 1.82) is 0 Å². The highest BCUT2D eigenvalue weighted by molar-refractivity contribution is 7.99. The van der Waals surface area contributed by atoms with Gasteiger partial charge in [0.15, 0.2) is 0 Å². The van der Waals surface area contributed by atoms with Gasteiger partial charge >= 0.3 is 6.18 Å². The molecule has 29 heavy (non-hydrogen) atoms. The maximum atomic E-state index is 12.8. The van der Waals surface area contributed by atoms with Crippen LogP contribution in [0.3, 0.4) is 0 Å². The summed E-state index contributed by atoms with van der Waals surface area (Å²) in [5.74, 6) is 0. The van der Waals surface area contributed by atoms with Crippen LogP contribution in [0.4, 0.5) is 18.9 Å². The van der Waals surface area contributed by atoms with Crippen LogP contribution in [0.5, 0.6) is 0 Å². The van der Waals surface area contributed by atoms with Crippen LogP contribution in [-0.4, -0.2) is 45.4 Å². The van der Waals surface area contributed by atoms with E-state index in [-0.39, 0.29) is 0 Å². The first-order valence-corrected chi connectivity index (χ1v) is 11.4. The first kappa shape index (κ1) is 23.5. The Labute approximate surface area is 173 Å². The quantitative estimate of drug-likeness (QED) is 0.690. The van der Waals surface area contributed by atoms with Crippen LogP contribution in [0.1, 0.15) is 11.1 Å². The van der Waals surface area contributed by atoms with Crippen molar-refractivity contribution in [2.45, 2.75) is 22.9 Å². The van der Waals surface area contributed by atoms with E-state index in [1.165, 1.54) is 17.8 Å². The maximum Gasteiger partial charge on any atom is 0.416 e. The molecule has 2 N–H and O–H groups in total. The van der Waals surface area contributed by atoms with Crippen molar-refractivity contribution in [3.8, 4) is 0 Å². The van der Waals surface area contributed by atoms with Gasteiger partial charge in [0.2, 0.25) is 0 Å². The molecule has 0 amide bonds. The monoisotopic (exact) mass is 448 g/mol. The lowest BCUT2D eigenvalue weighted by atomic mass is 10.1. The highest BCUT2D eigenvalue weighted by Crippen LogP contribution is 2.39. The molecule has 1 aliphatic heterocycles. The number of alkyl halides is 3. The Kier molecular flexibility index (Phi) is 7.98. The third-order valence-corrected chi connectivity index (χ3v) is 5.29. The second-order valence-electron chi connectivity index (χ2n) is 6.52. The zero-order valence-corrected chi connectivity index (χ0v) is 17.7. The Balaban J connectivity index is 0.000000537. The number of aryl methyl sites for hydroxylation is 1. The van der Waals surface area contributed by atoms with Crippen LogP contribution in [0.2, 0.25) is 0 Å². The van der Waals surface area contributed by atoms with Crippen molar-refractivity contribution in [2.24, 2.45) is 0 Å². The van der Waals surface area contributed by atoms with Crippen LogP contribution in [0.25, 0.3) is 0 Å². The molecule has 0 unspecified atom stereocenters. The summed E-state index contributed by atoms with van der Waals surface area (Å²) in [7, 11) is -3.67. The average Bonchev–Trinajstić information content (AvgIpc) is 2.62. The summed E-state index contributed by atoms with van der Waals surface area (Å²) in [6.45, 7) is 5.48. The predicted octanol–water partition coefficient (Wildman–Crippen LogP) is 4.08. The van der Waals surface area contributed by atoms with Gasteiger partial charge in [0.05, 0.1) is 17.5 Å². The first-order chi connectivity index (χ1) is 13.4. The molecule has 0 radical (unpaired) electrons. The molecule has 3 rings (SSSR count). The minimum atomic E-state index is -4.30. The van der Waals surface area contributed by atoms with Gasteiger partial charge < -0.3 is 10.2 Å². The standard InChI is InChI=1S/C18H19F3N2S.CH4O3S/c1-13-12-14(18(19,20)21)6-7-16(13)24-17-5-3-2-4-15(17)23-10-8-22-9-11-23;1-5(2,3)4/h2-7,12,22H,8-11H2,1H3;1H3,(H,2,3,4). The largest absolute Gasteiger partial charge is 0.416 e. The fourth-order valence-corrected chi connectivity index (χ4v) is 3.81. The molecule has 0 aromatic heterocycles. The summed E-state index contributed by atoms with van der Waals surface area (Å²) in [4.78, 5) is 4.24. The Hall–Kier alpha value is -1.75. The van der Waals surface area contributed by atoms with E-state index in [0.29, 0.717) is 11.8 Å². The Morgan fingerprint density at radius 3 is 2.21 bits per heavy atom. The average molecular weight is 449 g/mol. The Morgan fingerprint density at radius 1 is 1.07 bits per heavy atom. The number of hydrogen-bond acceptors (Lipinski definition) is 5. The molecule has 1 aliphatic rings. The Bertz CT molecular complexity index is 921. The second-order valence-corrected chi connectivity index (χ2v) is 9.07. The summed E-state index contributed by atoms with van der Waals surface area (Å²) in [5, 5.41) is 3.33. The molecule has 0 atom stereocenters. The molecule has 10 heteroatoms. The lowest BCUT2D eigenvalue weighted by Gasteiger charge is -2.31. The van der Waals surface area contributed by atoms with Crippen molar-refractivity contribution < 1.29 is 26.1 Å². The maximum absolute atomic E-state index is 12.8. The summed E-state index contributed by atoms with van der Waals surface area (Å²) in [6.07, 6.45) is -3.58. The fourth-order valence-electron chi connectivity index (χ4n) is 2.77. The number of rotatable bonds is 3. The van der Waals surface area contributed by atoms with Crippen molar-refractivity contribution in [3.05, 3.63) is 53.6 Å². The SMILES string of the molecule is CS(=O)(=O)O.Cc1cc(C(F)(F)F)ccc1Sc1ccccc1N1CCNCC1. The van der Waals surface area contributed by atoms with Crippen LogP contribution < -0.4 is 10.2 Å². The number of benzene rings is 2. The van der Waals surface area contributed by atoms with E-state index in [9.17, 15) is 21.6 Å². The van der Waals surface area contributed by atoms with E-state index in [0.717, 1.165) is 47.7 Å². The van der Waals surface area contributed by atoms with Gasteiger partial charge in [-0.2, -0.15) is 21.6 Å². The number of para-hydroxylation sites is 1. The molecule has 160 valence electrons. The number of piperazine rings is 1. The topological polar surface area (TPSA) is 69.6 Å². The smallest absolute Gasteiger partial charge is 0.368 e. The van der Waals surface area contributed by atoms with Gasteiger partial charge in [-0.1, -0.05) is 23.9 Å². The van der Waals surface area contributed by atoms with Gasteiger partial charge in [0.25, 0.3) is 10.1 Å². The molecule has 0 bridgehead atoms. The van der Waals surface area contributed by atoms with Gasteiger partial charge in [0, 0.05) is 36.0 Å². The molecular formula is C19H23F3N2O3S2. The predicted molar refractivity (Wildman–Crippen MR) is 109 cm³/mol. The van der Waals surface area contributed by atoms with Crippen LogP contribution in [0.15, 0.2) is 52.3 Å². The van der Waals surface area contributed by atoms with E-state index in [4.69, 9.17) is 4.55 Å². The highest BCUT2D eigenvalue weighted by atomic mass is 32.2. The normalized spacial score (nSPS) is 14.9. The van der Waals surface area contributed by atoms with E-state index in [1.807, 2.05) is 18.2 Å². The van der Waals surface area contributed by atoms with Crippen LogP contribution in [-0.2, 0) is 16.3 Å². The molecular weight excluding hydrogens is 425 g/mol. The molecule has 2 aromatic rings. The number of nitrogens with one attached hydrogen (secondary N) is 1. The molecule has 1 saturated heterocycles. The lowest BCUT2D eigenvalue weighted by Crippen LogP contribution is -2.43. The van der Waals surface area contributed by atoms with Crippen molar-refractivity contribution >= 4 is 27.6 Å². The van der Waals surface area contributed by atoms with E-state index < -0.39 is 21.9 Å². The van der Waals surface area contributed by atoms with Gasteiger partial charge in [0.1, 0.15) is 0 Å². The van der Waals surface area contributed by atoms with Crippen molar-refractivity contribution in [1.82, 2.24) is 5.32 Å². The molecule has 0 spiro atoms. The van der Waals surface area contributed by atoms with Gasteiger partial charge in [-0.3, -0.25) is 4.55 Å². The van der Waals surface area contributed by atoms with E-state index >= 15 is 0 Å².